The number of benzene rings is 2. The zero-order chi connectivity index (χ0) is 20.1. The van der Waals surface area contributed by atoms with Crippen molar-refractivity contribution in [3.8, 4) is 0 Å². The van der Waals surface area contributed by atoms with Gasteiger partial charge >= 0.3 is 5.97 Å². The molecule has 0 spiro atoms. The zero-order valence-corrected chi connectivity index (χ0v) is 15.6. The molecule has 0 atom stereocenters. The number of aliphatic imine (C=N–C) groups is 1. The molecule has 0 aliphatic rings. The average Bonchev–Trinajstić information content (AvgIpc) is 2.66. The highest BCUT2D eigenvalue weighted by atomic mass is 19.2. The van der Waals surface area contributed by atoms with E-state index in [1.54, 1.807) is 25.4 Å². The monoisotopic (exact) mass is 378 g/mol. The van der Waals surface area contributed by atoms with Gasteiger partial charge in [0.05, 0.1) is 17.6 Å². The lowest BCUT2D eigenvalue weighted by molar-refractivity contribution is 0.0467. The molecule has 27 heavy (non-hydrogen) atoms. The van der Waals surface area contributed by atoms with Crippen LogP contribution in [0.15, 0.2) is 29.3 Å². The molecule has 0 aliphatic heterocycles. The Morgan fingerprint density at radius 2 is 1.81 bits per heavy atom. The summed E-state index contributed by atoms with van der Waals surface area (Å²) in [4.78, 5) is 18.6. The van der Waals surface area contributed by atoms with Crippen molar-refractivity contribution in [1.29, 1.82) is 0 Å². The summed E-state index contributed by atoms with van der Waals surface area (Å²) in [7, 11) is 1.90. The summed E-state index contributed by atoms with van der Waals surface area (Å²) in [6.45, 7) is 5.90. The van der Waals surface area contributed by atoms with Crippen LogP contribution in [0.25, 0.3) is 0 Å². The summed E-state index contributed by atoms with van der Waals surface area (Å²) in [5, 5.41) is 0. The Labute approximate surface area is 156 Å². The molecule has 0 amide bonds. The highest BCUT2D eigenvalue weighted by Gasteiger charge is 2.17. The van der Waals surface area contributed by atoms with Gasteiger partial charge in [-0.05, 0) is 56.2 Å². The molecule has 0 aliphatic carbocycles. The number of carbonyl (C=O) groups is 1. The third kappa shape index (κ3) is 4.67. The molecular weight excluding hydrogens is 357 g/mol. The molecule has 0 aromatic heterocycles. The van der Waals surface area contributed by atoms with Gasteiger partial charge in [0.15, 0.2) is 17.5 Å². The molecule has 0 saturated heterocycles. The van der Waals surface area contributed by atoms with Gasteiger partial charge in [0.25, 0.3) is 0 Å². The summed E-state index contributed by atoms with van der Waals surface area (Å²) in [5.41, 5.74) is 2.28. The van der Waals surface area contributed by atoms with Crippen LogP contribution in [-0.2, 0) is 11.3 Å². The molecule has 0 saturated carbocycles. The lowest BCUT2D eigenvalue weighted by Gasteiger charge is -2.13. The van der Waals surface area contributed by atoms with E-state index < -0.39 is 30.0 Å². The van der Waals surface area contributed by atoms with Crippen LogP contribution >= 0.6 is 0 Å². The molecule has 0 fully saturated rings. The van der Waals surface area contributed by atoms with Crippen LogP contribution < -0.4 is 0 Å². The van der Waals surface area contributed by atoms with E-state index in [2.05, 4.69) is 4.99 Å². The van der Waals surface area contributed by atoms with Crippen molar-refractivity contribution in [2.45, 2.75) is 27.4 Å². The van der Waals surface area contributed by atoms with Gasteiger partial charge in [-0.15, -0.1) is 0 Å². The quantitative estimate of drug-likeness (QED) is 0.317. The van der Waals surface area contributed by atoms with Gasteiger partial charge in [0.2, 0.25) is 0 Å². The SMILES string of the molecule is CCN(C)/C=N/c1ccc(C(=O)OCc2ccc(F)c(F)c2F)c(C)c1C. The Kier molecular flexibility index (Phi) is 6.60. The van der Waals surface area contributed by atoms with Crippen LogP contribution in [-0.4, -0.2) is 30.8 Å². The first-order valence-electron chi connectivity index (χ1n) is 8.40. The number of hydrogen-bond donors (Lipinski definition) is 0. The largest absolute Gasteiger partial charge is 0.457 e. The zero-order valence-electron chi connectivity index (χ0n) is 15.6. The molecule has 144 valence electrons. The molecule has 4 nitrogen and oxygen atoms in total. The van der Waals surface area contributed by atoms with E-state index in [0.717, 1.165) is 29.9 Å². The summed E-state index contributed by atoms with van der Waals surface area (Å²) in [6.07, 6.45) is 1.70. The second-order valence-electron chi connectivity index (χ2n) is 6.11. The lowest BCUT2D eigenvalue weighted by Crippen LogP contribution is -2.14. The van der Waals surface area contributed by atoms with E-state index in [1.807, 2.05) is 25.8 Å². The summed E-state index contributed by atoms with van der Waals surface area (Å²) >= 11 is 0. The van der Waals surface area contributed by atoms with Crippen LogP contribution in [0.5, 0.6) is 0 Å². The molecular formula is C20H21F3N2O2. The van der Waals surface area contributed by atoms with Gasteiger partial charge in [-0.2, -0.15) is 0 Å². The number of nitrogens with zero attached hydrogens (tertiary/aromatic N) is 2. The van der Waals surface area contributed by atoms with E-state index in [9.17, 15) is 18.0 Å². The Balaban J connectivity index is 2.16. The maximum atomic E-state index is 13.7. The summed E-state index contributed by atoms with van der Waals surface area (Å²) < 4.78 is 44.9. The van der Waals surface area contributed by atoms with Gasteiger partial charge in [-0.3, -0.25) is 0 Å². The van der Waals surface area contributed by atoms with Crippen LogP contribution in [0.2, 0.25) is 0 Å². The van der Waals surface area contributed by atoms with Crippen molar-refractivity contribution in [2.24, 2.45) is 4.99 Å². The average molecular weight is 378 g/mol. The minimum absolute atomic E-state index is 0.236. The number of carbonyl (C=O) groups excluding carboxylic acids is 1. The molecule has 7 heteroatoms. The van der Waals surface area contributed by atoms with Gasteiger partial charge in [0, 0.05) is 19.2 Å². The Morgan fingerprint density at radius 1 is 1.11 bits per heavy atom. The topological polar surface area (TPSA) is 41.9 Å². The number of rotatable bonds is 6. The second-order valence-corrected chi connectivity index (χ2v) is 6.11. The summed E-state index contributed by atoms with van der Waals surface area (Å²) in [6, 6.07) is 5.10. The highest BCUT2D eigenvalue weighted by molar-refractivity contribution is 5.92. The fraction of sp³-hybridized carbons (Fsp3) is 0.300. The van der Waals surface area contributed by atoms with Gasteiger partial charge in [-0.25, -0.2) is 23.0 Å². The molecule has 2 aromatic rings. The molecule has 0 N–H and O–H groups in total. The van der Waals surface area contributed by atoms with E-state index in [1.165, 1.54) is 0 Å². The van der Waals surface area contributed by atoms with E-state index in [4.69, 9.17) is 4.74 Å². The third-order valence-corrected chi connectivity index (χ3v) is 4.35. The number of hydrogen-bond acceptors (Lipinski definition) is 3. The van der Waals surface area contributed by atoms with E-state index in [-0.39, 0.29) is 5.56 Å². The molecule has 0 unspecified atom stereocenters. The van der Waals surface area contributed by atoms with Crippen molar-refractivity contribution in [3.05, 3.63) is 64.0 Å². The van der Waals surface area contributed by atoms with Crippen LogP contribution in [0, 0.1) is 31.3 Å². The van der Waals surface area contributed by atoms with Crippen molar-refractivity contribution in [2.75, 3.05) is 13.6 Å². The van der Waals surface area contributed by atoms with Crippen LogP contribution in [0.4, 0.5) is 18.9 Å². The third-order valence-electron chi connectivity index (χ3n) is 4.35. The molecule has 0 radical (unpaired) electrons. The Hall–Kier alpha value is -2.83. The fourth-order valence-corrected chi connectivity index (χ4v) is 2.31. The molecule has 0 bridgehead atoms. The maximum absolute atomic E-state index is 13.7. The van der Waals surface area contributed by atoms with E-state index >= 15 is 0 Å². The van der Waals surface area contributed by atoms with Crippen molar-refractivity contribution >= 4 is 18.0 Å². The van der Waals surface area contributed by atoms with Gasteiger partial charge in [0.1, 0.15) is 6.61 Å². The summed E-state index contributed by atoms with van der Waals surface area (Å²) in [5.74, 6) is -4.92. The van der Waals surface area contributed by atoms with Gasteiger partial charge in [-0.1, -0.05) is 0 Å². The number of ether oxygens (including phenoxy) is 1. The van der Waals surface area contributed by atoms with Crippen LogP contribution in [0.1, 0.15) is 34.0 Å². The predicted molar refractivity (Wildman–Crippen MR) is 97.8 cm³/mol. The fourth-order valence-electron chi connectivity index (χ4n) is 2.31. The lowest BCUT2D eigenvalue weighted by atomic mass is 10.0. The Morgan fingerprint density at radius 3 is 2.48 bits per heavy atom. The highest BCUT2D eigenvalue weighted by Crippen LogP contribution is 2.25. The first-order chi connectivity index (χ1) is 12.8. The maximum Gasteiger partial charge on any atom is 0.338 e. The molecule has 2 rings (SSSR count). The van der Waals surface area contributed by atoms with Gasteiger partial charge < -0.3 is 9.64 Å². The minimum atomic E-state index is -1.59. The first-order valence-corrected chi connectivity index (χ1v) is 8.40. The number of esters is 1. The molecule has 0 heterocycles. The smallest absolute Gasteiger partial charge is 0.338 e. The number of halogens is 3. The molecule has 2 aromatic carbocycles. The van der Waals surface area contributed by atoms with E-state index in [0.29, 0.717) is 11.1 Å². The normalized spacial score (nSPS) is 11.1. The van der Waals surface area contributed by atoms with Crippen molar-refractivity contribution in [3.63, 3.8) is 0 Å². The van der Waals surface area contributed by atoms with Crippen LogP contribution in [0.3, 0.4) is 0 Å². The Bertz CT molecular complexity index is 882. The van der Waals surface area contributed by atoms with Crippen molar-refractivity contribution in [1.82, 2.24) is 4.90 Å². The van der Waals surface area contributed by atoms with Crippen molar-refractivity contribution < 1.29 is 22.7 Å². The first kappa shape index (κ1) is 20.5. The minimum Gasteiger partial charge on any atom is -0.457 e. The standard InChI is InChI=1S/C20H21F3N2O2/c1-5-25(4)11-24-17-9-7-15(12(2)13(17)3)20(26)27-10-14-6-8-16(21)19(23)18(14)22/h6-9,11H,5,10H2,1-4H3/b24-11+. The predicted octanol–water partition coefficient (Wildman–Crippen LogP) is 4.69. The second kappa shape index (κ2) is 8.70.